The fourth-order valence-electron chi connectivity index (χ4n) is 3.13. The molecule has 1 N–H and O–H groups in total. The van der Waals surface area contributed by atoms with Gasteiger partial charge < -0.3 is 10.1 Å². The van der Waals surface area contributed by atoms with E-state index >= 15 is 0 Å². The smallest absolute Gasteiger partial charge is 0.263 e. The number of carbonyl (C=O) groups excluding carboxylic acids is 1. The molecule has 134 valence electrons. The lowest BCUT2D eigenvalue weighted by atomic mass is 9.92. The van der Waals surface area contributed by atoms with Crippen molar-refractivity contribution in [2.75, 3.05) is 4.90 Å². The third-order valence-electron chi connectivity index (χ3n) is 4.62. The fraction of sp³-hybridized carbons (Fsp3) is 0.0909. The quantitative estimate of drug-likeness (QED) is 0.677. The predicted octanol–water partition coefficient (Wildman–Crippen LogP) is 4.62. The van der Waals surface area contributed by atoms with E-state index in [-0.39, 0.29) is 5.91 Å². The number of amides is 1. The van der Waals surface area contributed by atoms with E-state index in [0.717, 1.165) is 17.0 Å². The molecule has 1 unspecified atom stereocenters. The second-order valence-electron chi connectivity index (χ2n) is 6.47. The lowest BCUT2D eigenvalue weighted by Crippen LogP contribution is -2.40. The summed E-state index contributed by atoms with van der Waals surface area (Å²) in [6.45, 7) is 1.84. The normalized spacial score (nSPS) is 19.1. The van der Waals surface area contributed by atoms with Crippen LogP contribution >= 0.6 is 12.2 Å². The van der Waals surface area contributed by atoms with Crippen LogP contribution in [0.25, 0.3) is 0 Å². The van der Waals surface area contributed by atoms with Crippen LogP contribution in [0, 0.1) is 0 Å². The van der Waals surface area contributed by atoms with Crippen LogP contribution in [0.5, 0.6) is 11.5 Å². The van der Waals surface area contributed by atoms with E-state index in [1.807, 2.05) is 91.9 Å². The summed E-state index contributed by atoms with van der Waals surface area (Å²) in [5.74, 6) is 1.37. The molecule has 1 fully saturated rings. The van der Waals surface area contributed by atoms with Crippen LogP contribution < -0.4 is 15.0 Å². The van der Waals surface area contributed by atoms with Gasteiger partial charge in [0.25, 0.3) is 5.91 Å². The molecule has 0 spiro atoms. The molecule has 5 heteroatoms. The molecule has 4 nitrogen and oxygen atoms in total. The number of carbonyl (C=O) groups is 1. The van der Waals surface area contributed by atoms with Crippen molar-refractivity contribution in [3.63, 3.8) is 0 Å². The van der Waals surface area contributed by atoms with Gasteiger partial charge in [-0.2, -0.15) is 0 Å². The van der Waals surface area contributed by atoms with Gasteiger partial charge >= 0.3 is 0 Å². The Morgan fingerprint density at radius 1 is 0.852 bits per heavy atom. The minimum Gasteiger partial charge on any atom is -0.457 e. The zero-order chi connectivity index (χ0) is 18.9. The highest BCUT2D eigenvalue weighted by Gasteiger charge is 2.47. The van der Waals surface area contributed by atoms with Crippen LogP contribution in [-0.2, 0) is 10.3 Å². The number of hydrogen-bond acceptors (Lipinski definition) is 3. The van der Waals surface area contributed by atoms with E-state index in [9.17, 15) is 4.79 Å². The molecule has 1 atom stereocenters. The minimum atomic E-state index is -0.918. The molecule has 27 heavy (non-hydrogen) atoms. The van der Waals surface area contributed by atoms with Crippen molar-refractivity contribution in [1.82, 2.24) is 5.32 Å². The Kier molecular flexibility index (Phi) is 4.38. The maximum absolute atomic E-state index is 13.2. The monoisotopic (exact) mass is 374 g/mol. The second-order valence-corrected chi connectivity index (χ2v) is 6.86. The van der Waals surface area contributed by atoms with Gasteiger partial charge in [-0.25, -0.2) is 0 Å². The number of para-hydroxylation sites is 2. The highest BCUT2D eigenvalue weighted by atomic mass is 32.1. The summed E-state index contributed by atoms with van der Waals surface area (Å²) in [7, 11) is 0. The second kappa shape index (κ2) is 6.85. The molecule has 1 amide bonds. The number of hydrogen-bond donors (Lipinski definition) is 1. The SMILES string of the molecule is CC1(c2ccc(Oc3ccccc3)cc2)NC(=S)N(c2ccccc2)C1=O. The fourth-order valence-corrected chi connectivity index (χ4v) is 3.52. The van der Waals surface area contributed by atoms with E-state index in [1.54, 1.807) is 4.90 Å². The first kappa shape index (κ1) is 17.2. The lowest BCUT2D eigenvalue weighted by Gasteiger charge is -2.23. The van der Waals surface area contributed by atoms with Crippen molar-refractivity contribution in [3.05, 3.63) is 90.5 Å². The number of anilines is 1. The first-order valence-corrected chi connectivity index (χ1v) is 9.04. The van der Waals surface area contributed by atoms with Crippen LogP contribution in [-0.4, -0.2) is 11.0 Å². The molecule has 4 rings (SSSR count). The number of thiocarbonyl (C=S) groups is 1. The van der Waals surface area contributed by atoms with Gasteiger partial charge in [0.2, 0.25) is 0 Å². The van der Waals surface area contributed by atoms with Gasteiger partial charge in [-0.05, 0) is 61.1 Å². The van der Waals surface area contributed by atoms with Gasteiger partial charge in [0.05, 0.1) is 5.69 Å². The standard InChI is InChI=1S/C22H18N2O2S/c1-22(20(25)24(21(27)23-22)17-8-4-2-5-9-17)16-12-14-19(15-13-16)26-18-10-6-3-7-11-18/h2-15H,1H3,(H,23,27). The molecular formula is C22H18N2O2S. The van der Waals surface area contributed by atoms with Crippen molar-refractivity contribution >= 4 is 28.9 Å². The van der Waals surface area contributed by atoms with Crippen LogP contribution in [0.3, 0.4) is 0 Å². The molecule has 0 saturated carbocycles. The highest BCUT2D eigenvalue weighted by molar-refractivity contribution is 7.80. The van der Waals surface area contributed by atoms with Gasteiger partial charge in [0, 0.05) is 0 Å². The van der Waals surface area contributed by atoms with Crippen LogP contribution in [0.1, 0.15) is 12.5 Å². The zero-order valence-corrected chi connectivity index (χ0v) is 15.6. The third-order valence-corrected chi connectivity index (χ3v) is 4.90. The molecule has 1 aliphatic rings. The Labute approximate surface area is 163 Å². The Hall–Kier alpha value is -3.18. The summed E-state index contributed by atoms with van der Waals surface area (Å²) in [6, 6.07) is 26.5. The molecule has 3 aromatic carbocycles. The molecular weight excluding hydrogens is 356 g/mol. The van der Waals surface area contributed by atoms with Gasteiger partial charge in [-0.15, -0.1) is 0 Å². The Bertz CT molecular complexity index is 974. The molecule has 3 aromatic rings. The summed E-state index contributed by atoms with van der Waals surface area (Å²) in [6.07, 6.45) is 0. The van der Waals surface area contributed by atoms with Crippen LogP contribution in [0.4, 0.5) is 5.69 Å². The van der Waals surface area contributed by atoms with Crippen LogP contribution in [0.15, 0.2) is 84.9 Å². The summed E-state index contributed by atoms with van der Waals surface area (Å²) in [5, 5.41) is 3.58. The van der Waals surface area contributed by atoms with E-state index in [0.29, 0.717) is 10.9 Å². The topological polar surface area (TPSA) is 41.6 Å². The van der Waals surface area contributed by atoms with E-state index in [1.165, 1.54) is 0 Å². The van der Waals surface area contributed by atoms with Gasteiger partial charge in [-0.1, -0.05) is 48.5 Å². The molecule has 0 aromatic heterocycles. The Morgan fingerprint density at radius 2 is 1.41 bits per heavy atom. The largest absolute Gasteiger partial charge is 0.457 e. The van der Waals surface area contributed by atoms with E-state index in [4.69, 9.17) is 17.0 Å². The Balaban J connectivity index is 1.59. The molecule has 1 aliphatic heterocycles. The van der Waals surface area contributed by atoms with Gasteiger partial charge in [0.15, 0.2) is 5.11 Å². The summed E-state index contributed by atoms with van der Waals surface area (Å²) in [4.78, 5) is 14.7. The highest BCUT2D eigenvalue weighted by Crippen LogP contribution is 2.33. The molecule has 0 aliphatic carbocycles. The number of nitrogens with one attached hydrogen (secondary N) is 1. The zero-order valence-electron chi connectivity index (χ0n) is 14.8. The number of benzene rings is 3. The number of rotatable bonds is 4. The van der Waals surface area contributed by atoms with Gasteiger partial charge in [0.1, 0.15) is 17.0 Å². The summed E-state index contributed by atoms with van der Waals surface area (Å²) in [5.41, 5.74) is 0.666. The van der Waals surface area contributed by atoms with Gasteiger partial charge in [-0.3, -0.25) is 9.69 Å². The average molecular weight is 374 g/mol. The molecule has 0 radical (unpaired) electrons. The minimum absolute atomic E-state index is 0.101. The first-order valence-electron chi connectivity index (χ1n) is 8.63. The van der Waals surface area contributed by atoms with Crippen LogP contribution in [0.2, 0.25) is 0 Å². The first-order chi connectivity index (χ1) is 13.1. The molecule has 1 heterocycles. The maximum atomic E-state index is 13.2. The average Bonchev–Trinajstić information content (AvgIpc) is 2.93. The Morgan fingerprint density at radius 3 is 2.04 bits per heavy atom. The molecule has 1 saturated heterocycles. The molecule has 0 bridgehead atoms. The number of ether oxygens (including phenoxy) is 1. The maximum Gasteiger partial charge on any atom is 0.263 e. The lowest BCUT2D eigenvalue weighted by molar-refractivity contribution is -0.121. The number of nitrogens with zero attached hydrogens (tertiary/aromatic N) is 1. The van der Waals surface area contributed by atoms with Crippen molar-refractivity contribution in [2.45, 2.75) is 12.5 Å². The van der Waals surface area contributed by atoms with Crippen molar-refractivity contribution in [1.29, 1.82) is 0 Å². The van der Waals surface area contributed by atoms with Crippen molar-refractivity contribution < 1.29 is 9.53 Å². The summed E-state index contributed by atoms with van der Waals surface area (Å²) < 4.78 is 5.83. The van der Waals surface area contributed by atoms with E-state index < -0.39 is 5.54 Å². The summed E-state index contributed by atoms with van der Waals surface area (Å²) >= 11 is 5.43. The van der Waals surface area contributed by atoms with Crippen molar-refractivity contribution in [3.8, 4) is 11.5 Å². The predicted molar refractivity (Wildman–Crippen MR) is 110 cm³/mol. The van der Waals surface area contributed by atoms with Crippen molar-refractivity contribution in [2.24, 2.45) is 0 Å². The van der Waals surface area contributed by atoms with E-state index in [2.05, 4.69) is 5.32 Å². The third kappa shape index (κ3) is 3.17.